The number of carbonyl (C=O) groups excluding carboxylic acids is 1. The Kier molecular flexibility index (Phi) is 9.91. The van der Waals surface area contributed by atoms with Crippen LogP contribution in [0.4, 0.5) is 0 Å². The van der Waals surface area contributed by atoms with E-state index in [-0.39, 0.29) is 17.1 Å². The lowest BCUT2D eigenvalue weighted by Crippen LogP contribution is -2.62. The molecule has 0 amide bonds. The van der Waals surface area contributed by atoms with Gasteiger partial charge in [0.25, 0.3) is 0 Å². The minimum absolute atomic E-state index is 0.259. The molecule has 148 valence electrons. The van der Waals surface area contributed by atoms with E-state index >= 15 is 0 Å². The summed E-state index contributed by atoms with van der Waals surface area (Å²) in [5.74, 6) is -0.327. The van der Waals surface area contributed by atoms with Gasteiger partial charge in [0.05, 0.1) is 0 Å². The van der Waals surface area contributed by atoms with Gasteiger partial charge >= 0.3 is 14.5 Å². The zero-order chi connectivity index (χ0) is 20.0. The zero-order valence-corrected chi connectivity index (χ0v) is 20.3. The maximum atomic E-state index is 12.3. The molecule has 0 aliphatic rings. The van der Waals surface area contributed by atoms with E-state index in [9.17, 15) is 4.79 Å². The van der Waals surface area contributed by atoms with E-state index in [1.165, 1.54) is 6.08 Å². The molecule has 0 radical (unpaired) electrons. The van der Waals surface area contributed by atoms with Crippen molar-refractivity contribution >= 4 is 22.8 Å². The van der Waals surface area contributed by atoms with Crippen molar-refractivity contribution < 1.29 is 13.3 Å². The van der Waals surface area contributed by atoms with Gasteiger partial charge < -0.3 is 8.54 Å². The van der Waals surface area contributed by atoms with Crippen molar-refractivity contribution in [3.63, 3.8) is 0 Å². The average Bonchev–Trinajstić information content (AvgIpc) is 2.55. The van der Waals surface area contributed by atoms with Gasteiger partial charge in [-0.3, -0.25) is 0 Å². The third kappa shape index (κ3) is 5.07. The molecule has 0 spiro atoms. The first-order chi connectivity index (χ1) is 11.5. The molecule has 5 heteroatoms. The molecule has 0 N–H and O–H groups in total. The van der Waals surface area contributed by atoms with Gasteiger partial charge in [-0.15, -0.1) is 0 Å². The summed E-state index contributed by atoms with van der Waals surface area (Å²) in [7, 11) is -4.92. The lowest BCUT2D eigenvalue weighted by atomic mass is 10.4. The summed E-state index contributed by atoms with van der Waals surface area (Å²) in [6, 6.07) is 0. The molecule has 0 aromatic rings. The van der Waals surface area contributed by atoms with Crippen LogP contribution in [0.1, 0.15) is 82.1 Å². The molecule has 0 aliphatic heterocycles. The van der Waals surface area contributed by atoms with Gasteiger partial charge in [0.1, 0.15) is 0 Å². The Bertz CT molecular complexity index is 401. The van der Waals surface area contributed by atoms with Crippen LogP contribution in [-0.4, -0.2) is 22.8 Å². The third-order valence-electron chi connectivity index (χ3n) is 6.07. The molecule has 0 fully saturated rings. The lowest BCUT2D eigenvalue weighted by molar-refractivity contribution is -0.131. The maximum absolute atomic E-state index is 12.3. The summed E-state index contributed by atoms with van der Waals surface area (Å²) in [6.07, 6.45) is 3.21. The highest BCUT2D eigenvalue weighted by Crippen LogP contribution is 2.49. The predicted molar refractivity (Wildman–Crippen MR) is 114 cm³/mol. The first kappa shape index (κ1) is 24.6. The smallest absolute Gasteiger partial charge is 0.397 e. The second-order valence-corrected chi connectivity index (χ2v) is 18.0. The van der Waals surface area contributed by atoms with Gasteiger partial charge in [0.15, 0.2) is 8.32 Å². The fourth-order valence-corrected chi connectivity index (χ4v) is 18.0. The topological polar surface area (TPSA) is 35.5 Å². The molecule has 0 aliphatic carbocycles. The van der Waals surface area contributed by atoms with Gasteiger partial charge in [-0.1, -0.05) is 88.7 Å². The summed E-state index contributed by atoms with van der Waals surface area (Å²) in [4.78, 5) is 12.3. The van der Waals surface area contributed by atoms with Gasteiger partial charge in [-0.2, -0.15) is 0 Å². The van der Waals surface area contributed by atoms with E-state index in [2.05, 4.69) is 75.8 Å². The Morgan fingerprint density at radius 2 is 1.24 bits per heavy atom. The van der Waals surface area contributed by atoms with E-state index < -0.39 is 16.9 Å². The van der Waals surface area contributed by atoms with E-state index in [0.29, 0.717) is 16.6 Å². The molecule has 0 saturated carbocycles. The predicted octanol–water partition coefficient (Wildman–Crippen LogP) is 6.95. The second-order valence-electron chi connectivity index (χ2n) is 8.38. The summed E-state index contributed by atoms with van der Waals surface area (Å²) in [5, 5.41) is 0. The zero-order valence-electron chi connectivity index (χ0n) is 18.3. The van der Waals surface area contributed by atoms with Gasteiger partial charge in [0.2, 0.25) is 0 Å². The number of hydrogen-bond acceptors (Lipinski definition) is 3. The summed E-state index contributed by atoms with van der Waals surface area (Å²) in [5.41, 5.74) is 1.92. The Balaban J connectivity index is 6.43. The lowest BCUT2D eigenvalue weighted by Gasteiger charge is -2.51. The van der Waals surface area contributed by atoms with Crippen LogP contribution < -0.4 is 0 Å². The number of rotatable bonds is 11. The molecule has 0 rings (SSSR count). The molecule has 0 saturated heterocycles. The monoisotopic (exact) mass is 386 g/mol. The van der Waals surface area contributed by atoms with Gasteiger partial charge in [-0.25, -0.2) is 4.79 Å². The van der Waals surface area contributed by atoms with Crippen molar-refractivity contribution in [2.45, 2.75) is 110 Å². The van der Waals surface area contributed by atoms with Crippen molar-refractivity contribution in [2.24, 2.45) is 0 Å². The van der Waals surface area contributed by atoms with E-state index in [1.807, 2.05) is 0 Å². The van der Waals surface area contributed by atoms with E-state index in [4.69, 9.17) is 8.54 Å². The van der Waals surface area contributed by atoms with Crippen LogP contribution in [0.3, 0.4) is 0 Å². The van der Waals surface area contributed by atoms with Crippen LogP contribution >= 0.6 is 0 Å². The number of carbonyl (C=O) groups is 1. The van der Waals surface area contributed by atoms with E-state index in [1.54, 1.807) is 0 Å². The summed E-state index contributed by atoms with van der Waals surface area (Å²) < 4.78 is 13.5. The molecule has 2 atom stereocenters. The van der Waals surface area contributed by atoms with Crippen molar-refractivity contribution in [1.29, 1.82) is 0 Å². The SMILES string of the molecule is C=CC(=O)O[Si](O[Si](C(C)C)(C(C)C)C(C)C)(C(C)CC)C(C)CC. The quantitative estimate of drug-likeness (QED) is 0.284. The van der Waals surface area contributed by atoms with Crippen molar-refractivity contribution in [3.8, 4) is 0 Å². The summed E-state index contributed by atoms with van der Waals surface area (Å²) in [6.45, 7) is 26.1. The molecular weight excluding hydrogens is 344 g/mol. The van der Waals surface area contributed by atoms with Gasteiger partial charge in [-0.05, 0) is 16.6 Å². The van der Waals surface area contributed by atoms with Crippen molar-refractivity contribution in [2.75, 3.05) is 0 Å². The molecular formula is C20H42O3Si2. The Morgan fingerprint density at radius 1 is 0.880 bits per heavy atom. The highest BCUT2D eigenvalue weighted by molar-refractivity contribution is 6.88. The van der Waals surface area contributed by atoms with Gasteiger partial charge in [0, 0.05) is 17.2 Å². The molecule has 3 nitrogen and oxygen atoms in total. The molecule has 0 aromatic carbocycles. The Hall–Kier alpha value is -0.396. The Morgan fingerprint density at radius 3 is 1.48 bits per heavy atom. The fraction of sp³-hybridized carbons (Fsp3) is 0.850. The number of hydrogen-bond donors (Lipinski definition) is 0. The normalized spacial score (nSPS) is 17.5. The van der Waals surface area contributed by atoms with Crippen LogP contribution in [0.2, 0.25) is 27.7 Å². The second kappa shape index (κ2) is 10.1. The van der Waals surface area contributed by atoms with Crippen LogP contribution in [0, 0.1) is 0 Å². The highest BCUT2D eigenvalue weighted by atomic mass is 28.4. The van der Waals surface area contributed by atoms with Crippen LogP contribution in [-0.2, 0) is 13.3 Å². The van der Waals surface area contributed by atoms with Crippen LogP contribution in [0.15, 0.2) is 12.7 Å². The molecule has 2 unspecified atom stereocenters. The molecule has 25 heavy (non-hydrogen) atoms. The van der Waals surface area contributed by atoms with Crippen LogP contribution in [0.5, 0.6) is 0 Å². The first-order valence-corrected chi connectivity index (χ1v) is 14.1. The van der Waals surface area contributed by atoms with Crippen LogP contribution in [0.25, 0.3) is 0 Å². The maximum Gasteiger partial charge on any atom is 0.397 e. The standard InChI is InChI=1S/C20H42O3Si2/c1-12-18(10)25(19(11)13-2,22-20(21)14-3)23-24(15(4)5,16(6)7)17(8)9/h14-19H,3,12-13H2,1-2,4-11H3. The average molecular weight is 387 g/mol. The van der Waals surface area contributed by atoms with Crippen molar-refractivity contribution in [3.05, 3.63) is 12.7 Å². The van der Waals surface area contributed by atoms with Crippen molar-refractivity contribution in [1.82, 2.24) is 0 Å². The van der Waals surface area contributed by atoms with E-state index in [0.717, 1.165) is 12.8 Å². The largest absolute Gasteiger partial charge is 0.491 e. The molecule has 0 aromatic heterocycles. The Labute approximate surface area is 159 Å². The third-order valence-corrected chi connectivity index (χ3v) is 18.3. The minimum Gasteiger partial charge on any atom is -0.491 e. The molecule has 0 bridgehead atoms. The minimum atomic E-state index is -2.77. The highest BCUT2D eigenvalue weighted by Gasteiger charge is 2.58. The molecule has 0 heterocycles. The first-order valence-electron chi connectivity index (χ1n) is 10.0. The fourth-order valence-electron chi connectivity index (χ4n) is 4.31. The summed E-state index contributed by atoms with van der Waals surface area (Å²) >= 11 is 0.